The first-order chi connectivity index (χ1) is 8.76. The van der Waals surface area contributed by atoms with Crippen molar-refractivity contribution in [1.82, 2.24) is 9.88 Å². The fourth-order valence-electron chi connectivity index (χ4n) is 2.56. The maximum absolute atomic E-state index is 5.19. The normalized spacial score (nSPS) is 16.3. The van der Waals surface area contributed by atoms with Gasteiger partial charge in [0.25, 0.3) is 0 Å². The van der Waals surface area contributed by atoms with Crippen molar-refractivity contribution in [3.05, 3.63) is 35.4 Å². The van der Waals surface area contributed by atoms with Crippen LogP contribution in [0.5, 0.6) is 5.88 Å². The molecule has 3 heteroatoms. The summed E-state index contributed by atoms with van der Waals surface area (Å²) in [6.45, 7) is 2.27. The quantitative estimate of drug-likeness (QED) is 0.767. The largest absolute Gasteiger partial charge is 0.481 e. The summed E-state index contributed by atoms with van der Waals surface area (Å²) in [5.74, 6) is 0.688. The first-order valence-electron chi connectivity index (χ1n) is 6.41. The summed E-state index contributed by atoms with van der Waals surface area (Å²) in [7, 11) is 3.85. The molecule has 0 spiro atoms. The van der Waals surface area contributed by atoms with Gasteiger partial charge < -0.3 is 9.64 Å². The lowest BCUT2D eigenvalue weighted by Crippen LogP contribution is -2.20. The van der Waals surface area contributed by atoms with Gasteiger partial charge in [0.2, 0.25) is 5.88 Å². The first-order valence-corrected chi connectivity index (χ1v) is 6.41. The van der Waals surface area contributed by atoms with E-state index in [9.17, 15) is 0 Å². The summed E-state index contributed by atoms with van der Waals surface area (Å²) in [5.41, 5.74) is 3.95. The van der Waals surface area contributed by atoms with Crippen LogP contribution in [0.1, 0.15) is 11.1 Å². The Kier molecular flexibility index (Phi) is 2.92. The molecule has 18 heavy (non-hydrogen) atoms. The molecule has 3 rings (SSSR count). The monoisotopic (exact) mass is 242 g/mol. The summed E-state index contributed by atoms with van der Waals surface area (Å²) in [6, 6.07) is 8.54. The number of ether oxygens (including phenoxy) is 1. The number of benzene rings is 1. The van der Waals surface area contributed by atoms with E-state index in [0.29, 0.717) is 5.88 Å². The summed E-state index contributed by atoms with van der Waals surface area (Å²) in [4.78, 5) is 6.90. The molecule has 0 saturated carbocycles. The van der Waals surface area contributed by atoms with E-state index in [-0.39, 0.29) is 0 Å². The zero-order valence-electron chi connectivity index (χ0n) is 10.9. The van der Waals surface area contributed by atoms with Crippen molar-refractivity contribution in [2.75, 3.05) is 27.2 Å². The van der Waals surface area contributed by atoms with Crippen molar-refractivity contribution in [2.45, 2.75) is 12.8 Å². The SMILES string of the molecule is COc1ccc2cc3c(cc2n1)CCN(C)CC3. The van der Waals surface area contributed by atoms with Crippen LogP contribution in [0.2, 0.25) is 0 Å². The van der Waals surface area contributed by atoms with Gasteiger partial charge in [-0.15, -0.1) is 0 Å². The number of fused-ring (bicyclic) bond motifs is 2. The molecule has 94 valence electrons. The Hall–Kier alpha value is -1.61. The summed E-state index contributed by atoms with van der Waals surface area (Å²) in [5, 5.41) is 1.21. The zero-order chi connectivity index (χ0) is 12.5. The van der Waals surface area contributed by atoms with Gasteiger partial charge in [0.1, 0.15) is 0 Å². The van der Waals surface area contributed by atoms with E-state index >= 15 is 0 Å². The van der Waals surface area contributed by atoms with Crippen molar-refractivity contribution in [2.24, 2.45) is 0 Å². The molecule has 1 aliphatic rings. The number of methoxy groups -OCH3 is 1. The van der Waals surface area contributed by atoms with Crippen LogP contribution in [0.4, 0.5) is 0 Å². The van der Waals surface area contributed by atoms with Crippen LogP contribution in [0, 0.1) is 0 Å². The van der Waals surface area contributed by atoms with Gasteiger partial charge in [-0.3, -0.25) is 0 Å². The third kappa shape index (κ3) is 2.06. The fourth-order valence-corrected chi connectivity index (χ4v) is 2.56. The minimum Gasteiger partial charge on any atom is -0.481 e. The molecule has 2 heterocycles. The molecule has 3 nitrogen and oxygen atoms in total. The molecule has 1 aliphatic heterocycles. The van der Waals surface area contributed by atoms with E-state index in [2.05, 4.69) is 35.1 Å². The van der Waals surface area contributed by atoms with Crippen LogP contribution < -0.4 is 4.74 Å². The van der Waals surface area contributed by atoms with Gasteiger partial charge in [-0.05, 0) is 49.2 Å². The van der Waals surface area contributed by atoms with Crippen molar-refractivity contribution >= 4 is 10.9 Å². The number of likely N-dealkylation sites (N-methyl/N-ethyl adjacent to an activating group) is 1. The molecule has 0 fully saturated rings. The fraction of sp³-hybridized carbons (Fsp3) is 0.400. The van der Waals surface area contributed by atoms with Gasteiger partial charge in [0.15, 0.2) is 0 Å². The lowest BCUT2D eigenvalue weighted by molar-refractivity contribution is 0.352. The van der Waals surface area contributed by atoms with Gasteiger partial charge in [0, 0.05) is 24.5 Å². The Morgan fingerprint density at radius 3 is 2.56 bits per heavy atom. The molecule has 0 unspecified atom stereocenters. The average molecular weight is 242 g/mol. The molecule has 0 saturated heterocycles. The van der Waals surface area contributed by atoms with E-state index < -0.39 is 0 Å². The van der Waals surface area contributed by atoms with E-state index in [0.717, 1.165) is 31.4 Å². The summed E-state index contributed by atoms with van der Waals surface area (Å²) in [6.07, 6.45) is 2.24. The molecule has 0 atom stereocenters. The smallest absolute Gasteiger partial charge is 0.213 e. The Labute approximate surface area is 107 Å². The molecule has 0 radical (unpaired) electrons. The second kappa shape index (κ2) is 4.58. The van der Waals surface area contributed by atoms with E-state index in [1.165, 1.54) is 16.5 Å². The Balaban J connectivity index is 2.09. The Morgan fingerprint density at radius 1 is 1.11 bits per heavy atom. The molecule has 1 aromatic carbocycles. The molecule has 0 N–H and O–H groups in total. The highest BCUT2D eigenvalue weighted by atomic mass is 16.5. The van der Waals surface area contributed by atoms with Gasteiger partial charge >= 0.3 is 0 Å². The van der Waals surface area contributed by atoms with Crippen LogP contribution in [0.3, 0.4) is 0 Å². The molecule has 0 amide bonds. The summed E-state index contributed by atoms with van der Waals surface area (Å²) >= 11 is 0. The predicted octanol–water partition coefficient (Wildman–Crippen LogP) is 2.27. The highest BCUT2D eigenvalue weighted by Gasteiger charge is 2.12. The van der Waals surface area contributed by atoms with Crippen LogP contribution in [-0.2, 0) is 12.8 Å². The van der Waals surface area contributed by atoms with Crippen LogP contribution in [-0.4, -0.2) is 37.1 Å². The second-order valence-corrected chi connectivity index (χ2v) is 4.97. The van der Waals surface area contributed by atoms with E-state index in [4.69, 9.17) is 4.74 Å². The maximum Gasteiger partial charge on any atom is 0.213 e. The second-order valence-electron chi connectivity index (χ2n) is 4.97. The minimum atomic E-state index is 0.688. The topological polar surface area (TPSA) is 25.4 Å². The lowest BCUT2D eigenvalue weighted by atomic mass is 10.00. The zero-order valence-corrected chi connectivity index (χ0v) is 10.9. The van der Waals surface area contributed by atoms with Crippen LogP contribution in [0.25, 0.3) is 10.9 Å². The van der Waals surface area contributed by atoms with Crippen LogP contribution in [0.15, 0.2) is 24.3 Å². The van der Waals surface area contributed by atoms with Crippen LogP contribution >= 0.6 is 0 Å². The van der Waals surface area contributed by atoms with Crippen molar-refractivity contribution in [3.63, 3.8) is 0 Å². The average Bonchev–Trinajstić information content (AvgIpc) is 2.58. The van der Waals surface area contributed by atoms with Crippen molar-refractivity contribution in [3.8, 4) is 5.88 Å². The number of aromatic nitrogens is 1. The third-order valence-electron chi connectivity index (χ3n) is 3.72. The van der Waals surface area contributed by atoms with Gasteiger partial charge in [-0.2, -0.15) is 0 Å². The highest BCUT2D eigenvalue weighted by molar-refractivity contribution is 5.81. The number of pyridine rings is 1. The molecule has 1 aromatic heterocycles. The Morgan fingerprint density at radius 2 is 1.83 bits per heavy atom. The summed E-state index contributed by atoms with van der Waals surface area (Å²) < 4.78 is 5.19. The van der Waals surface area contributed by atoms with Gasteiger partial charge in [-0.1, -0.05) is 0 Å². The maximum atomic E-state index is 5.19. The van der Waals surface area contributed by atoms with Crippen molar-refractivity contribution < 1.29 is 4.74 Å². The van der Waals surface area contributed by atoms with Gasteiger partial charge in [-0.25, -0.2) is 4.98 Å². The number of nitrogens with zero attached hydrogens (tertiary/aromatic N) is 2. The predicted molar refractivity (Wildman–Crippen MR) is 73.2 cm³/mol. The van der Waals surface area contributed by atoms with E-state index in [1.807, 2.05) is 6.07 Å². The Bertz CT molecular complexity index is 580. The number of hydrogen-bond donors (Lipinski definition) is 0. The molecule has 2 aromatic rings. The molecular weight excluding hydrogens is 224 g/mol. The number of rotatable bonds is 1. The van der Waals surface area contributed by atoms with E-state index in [1.54, 1.807) is 7.11 Å². The first kappa shape index (κ1) is 11.5. The molecular formula is C15H18N2O. The molecule has 0 aliphatic carbocycles. The third-order valence-corrected chi connectivity index (χ3v) is 3.72. The van der Waals surface area contributed by atoms with Gasteiger partial charge in [0.05, 0.1) is 12.6 Å². The standard InChI is InChI=1S/C15H18N2O/c1-17-7-5-11-9-13-3-4-15(18-2)16-14(13)10-12(11)6-8-17/h3-4,9-10H,5-8H2,1-2H3. The number of hydrogen-bond acceptors (Lipinski definition) is 3. The lowest BCUT2D eigenvalue weighted by Gasteiger charge is -2.10. The van der Waals surface area contributed by atoms with Crippen molar-refractivity contribution in [1.29, 1.82) is 0 Å². The molecule has 0 bridgehead atoms. The minimum absolute atomic E-state index is 0.688. The highest BCUT2D eigenvalue weighted by Crippen LogP contribution is 2.24.